The van der Waals surface area contributed by atoms with Gasteiger partial charge in [-0.2, -0.15) is 0 Å². The molecule has 2 aromatic rings. The van der Waals surface area contributed by atoms with E-state index in [2.05, 4.69) is 0 Å². The van der Waals surface area contributed by atoms with Crippen LogP contribution in [0.3, 0.4) is 0 Å². The lowest BCUT2D eigenvalue weighted by molar-refractivity contribution is -0.143. The van der Waals surface area contributed by atoms with E-state index in [0.717, 1.165) is 0 Å². The standard InChI is InChI=1S/C17H16ClNO4S/c18-12-6-4-5-11(9-12)14-15(17(14,10-19)16(20)21)24(22,23)13-7-2-1-3-8-13/h1-9,14-15H,10,19H2,(H,20,21)/t14-,15-,17+/m1/s1. The number of sulfone groups is 1. The van der Waals surface area contributed by atoms with Crippen LogP contribution < -0.4 is 5.73 Å². The van der Waals surface area contributed by atoms with Crippen LogP contribution in [-0.4, -0.2) is 31.3 Å². The van der Waals surface area contributed by atoms with Crippen LogP contribution in [0.15, 0.2) is 59.5 Å². The Bertz CT molecular complexity index is 884. The average Bonchev–Trinajstić information content (AvgIpc) is 3.27. The number of carbonyl (C=O) groups is 1. The number of carboxylic acids is 1. The van der Waals surface area contributed by atoms with Crippen molar-refractivity contribution >= 4 is 27.4 Å². The van der Waals surface area contributed by atoms with Gasteiger partial charge in [-0.1, -0.05) is 41.9 Å². The summed E-state index contributed by atoms with van der Waals surface area (Å²) in [5, 5.41) is 9.01. The van der Waals surface area contributed by atoms with Gasteiger partial charge in [0.1, 0.15) is 5.41 Å². The summed E-state index contributed by atoms with van der Waals surface area (Å²) in [6.45, 7) is -0.268. The Morgan fingerprint density at radius 3 is 2.38 bits per heavy atom. The number of aliphatic carboxylic acids is 1. The summed E-state index contributed by atoms with van der Waals surface area (Å²) in [6, 6.07) is 14.4. The van der Waals surface area contributed by atoms with Gasteiger partial charge in [0.25, 0.3) is 0 Å². The van der Waals surface area contributed by atoms with Crippen molar-refractivity contribution in [1.82, 2.24) is 0 Å². The van der Waals surface area contributed by atoms with E-state index in [9.17, 15) is 18.3 Å². The maximum absolute atomic E-state index is 13.0. The molecule has 1 saturated carbocycles. The first-order chi connectivity index (χ1) is 11.4. The van der Waals surface area contributed by atoms with Crippen molar-refractivity contribution in [3.63, 3.8) is 0 Å². The molecule has 24 heavy (non-hydrogen) atoms. The average molecular weight is 366 g/mol. The summed E-state index contributed by atoms with van der Waals surface area (Å²) in [5.74, 6) is -1.94. The molecule has 1 aliphatic rings. The third kappa shape index (κ3) is 2.42. The molecule has 3 rings (SSSR count). The van der Waals surface area contributed by atoms with Crippen molar-refractivity contribution in [3.8, 4) is 0 Å². The number of nitrogens with two attached hydrogens (primary N) is 1. The number of hydrogen-bond donors (Lipinski definition) is 2. The maximum Gasteiger partial charge on any atom is 0.312 e. The molecular formula is C17H16ClNO4S. The van der Waals surface area contributed by atoms with E-state index >= 15 is 0 Å². The molecule has 3 atom stereocenters. The van der Waals surface area contributed by atoms with Crippen LogP contribution in [0.4, 0.5) is 0 Å². The van der Waals surface area contributed by atoms with Crippen LogP contribution in [0, 0.1) is 5.41 Å². The lowest BCUT2D eigenvalue weighted by Gasteiger charge is -2.10. The lowest BCUT2D eigenvalue weighted by Crippen LogP contribution is -2.31. The zero-order valence-electron chi connectivity index (χ0n) is 12.6. The van der Waals surface area contributed by atoms with Gasteiger partial charge in [-0.15, -0.1) is 0 Å². The van der Waals surface area contributed by atoms with Gasteiger partial charge in [0.05, 0.1) is 10.1 Å². The first-order valence-corrected chi connectivity index (χ1v) is 9.26. The second-order valence-electron chi connectivity index (χ2n) is 5.86. The van der Waals surface area contributed by atoms with E-state index in [1.807, 2.05) is 0 Å². The van der Waals surface area contributed by atoms with Gasteiger partial charge in [0, 0.05) is 17.5 Å². The Morgan fingerprint density at radius 2 is 1.83 bits per heavy atom. The van der Waals surface area contributed by atoms with E-state index in [1.54, 1.807) is 42.5 Å². The highest BCUT2D eigenvalue weighted by atomic mass is 35.5. The van der Waals surface area contributed by atoms with Gasteiger partial charge in [-0.05, 0) is 29.8 Å². The zero-order chi connectivity index (χ0) is 17.5. The molecule has 1 fully saturated rings. The Labute approximate surface area is 145 Å². The summed E-state index contributed by atoms with van der Waals surface area (Å²) in [5.41, 5.74) is 4.75. The Balaban J connectivity index is 2.13. The highest BCUT2D eigenvalue weighted by molar-refractivity contribution is 7.92. The number of benzene rings is 2. The van der Waals surface area contributed by atoms with Crippen LogP contribution in [0.2, 0.25) is 5.02 Å². The van der Waals surface area contributed by atoms with Crippen molar-refractivity contribution in [3.05, 3.63) is 65.2 Å². The third-order valence-electron chi connectivity index (χ3n) is 4.61. The lowest BCUT2D eigenvalue weighted by atomic mass is 9.99. The van der Waals surface area contributed by atoms with Gasteiger partial charge in [0.2, 0.25) is 0 Å². The summed E-state index contributed by atoms with van der Waals surface area (Å²) < 4.78 is 26.0. The van der Waals surface area contributed by atoms with E-state index in [-0.39, 0.29) is 11.4 Å². The van der Waals surface area contributed by atoms with Crippen LogP contribution in [0.1, 0.15) is 11.5 Å². The minimum absolute atomic E-state index is 0.0959. The third-order valence-corrected chi connectivity index (χ3v) is 7.13. The SMILES string of the molecule is NC[C@]1(C(=O)O)[C@H](c2cccc(Cl)c2)[C@H]1S(=O)(=O)c1ccccc1. The number of hydrogen-bond acceptors (Lipinski definition) is 4. The molecule has 0 bridgehead atoms. The van der Waals surface area contributed by atoms with Crippen LogP contribution in [-0.2, 0) is 14.6 Å². The highest BCUT2D eigenvalue weighted by Gasteiger charge is 2.75. The second-order valence-corrected chi connectivity index (χ2v) is 8.37. The first-order valence-electron chi connectivity index (χ1n) is 7.33. The summed E-state index contributed by atoms with van der Waals surface area (Å²) in [4.78, 5) is 12.0. The number of carboxylic acid groups (broad SMARTS) is 1. The van der Waals surface area contributed by atoms with Gasteiger partial charge in [-0.3, -0.25) is 4.79 Å². The van der Waals surface area contributed by atoms with E-state index in [4.69, 9.17) is 17.3 Å². The molecule has 0 unspecified atom stereocenters. The zero-order valence-corrected chi connectivity index (χ0v) is 14.2. The minimum atomic E-state index is -3.84. The van der Waals surface area contributed by atoms with Crippen molar-refractivity contribution in [2.45, 2.75) is 16.1 Å². The predicted molar refractivity (Wildman–Crippen MR) is 90.7 cm³/mol. The molecule has 0 aromatic heterocycles. The second kappa shape index (κ2) is 5.88. The monoisotopic (exact) mass is 365 g/mol. The smallest absolute Gasteiger partial charge is 0.312 e. The van der Waals surface area contributed by atoms with Gasteiger partial charge in [0.15, 0.2) is 9.84 Å². The van der Waals surface area contributed by atoms with Crippen LogP contribution in [0.5, 0.6) is 0 Å². The van der Waals surface area contributed by atoms with Gasteiger partial charge < -0.3 is 10.8 Å². The molecule has 5 nitrogen and oxygen atoms in total. The Kier molecular flexibility index (Phi) is 4.15. The van der Waals surface area contributed by atoms with Crippen molar-refractivity contribution < 1.29 is 18.3 Å². The Morgan fingerprint density at radius 1 is 1.17 bits per heavy atom. The number of halogens is 1. The summed E-state index contributed by atoms with van der Waals surface area (Å²) in [7, 11) is -3.84. The largest absolute Gasteiger partial charge is 0.481 e. The quantitative estimate of drug-likeness (QED) is 0.847. The molecule has 3 N–H and O–H groups in total. The van der Waals surface area contributed by atoms with E-state index in [0.29, 0.717) is 10.6 Å². The molecule has 2 aromatic carbocycles. The Hall–Kier alpha value is -1.89. The summed E-state index contributed by atoms with van der Waals surface area (Å²) in [6.07, 6.45) is 0. The van der Waals surface area contributed by atoms with Crippen LogP contribution >= 0.6 is 11.6 Å². The molecular weight excluding hydrogens is 350 g/mol. The number of rotatable bonds is 5. The molecule has 0 amide bonds. The fourth-order valence-electron chi connectivity index (χ4n) is 3.37. The van der Waals surface area contributed by atoms with Gasteiger partial charge >= 0.3 is 5.97 Å². The molecule has 0 heterocycles. The maximum atomic E-state index is 13.0. The fourth-order valence-corrected chi connectivity index (χ4v) is 5.98. The van der Waals surface area contributed by atoms with Crippen molar-refractivity contribution in [2.24, 2.45) is 11.1 Å². The molecule has 126 valence electrons. The molecule has 0 aliphatic heterocycles. The molecule has 1 aliphatic carbocycles. The first kappa shape index (κ1) is 17.0. The molecule has 0 saturated heterocycles. The molecule has 7 heteroatoms. The topological polar surface area (TPSA) is 97.5 Å². The van der Waals surface area contributed by atoms with E-state index in [1.165, 1.54) is 12.1 Å². The molecule has 0 radical (unpaired) electrons. The highest BCUT2D eigenvalue weighted by Crippen LogP contribution is 2.63. The molecule has 0 spiro atoms. The summed E-state index contributed by atoms with van der Waals surface area (Å²) >= 11 is 5.98. The van der Waals surface area contributed by atoms with Crippen LogP contribution in [0.25, 0.3) is 0 Å². The van der Waals surface area contributed by atoms with Crippen molar-refractivity contribution in [1.29, 1.82) is 0 Å². The normalized spacial score (nSPS) is 26.1. The predicted octanol–water partition coefficient (Wildman–Crippen LogP) is 2.31. The van der Waals surface area contributed by atoms with E-state index < -0.39 is 32.4 Å². The fraction of sp³-hybridized carbons (Fsp3) is 0.235. The minimum Gasteiger partial charge on any atom is -0.481 e. The van der Waals surface area contributed by atoms with Crippen molar-refractivity contribution in [2.75, 3.05) is 6.54 Å². The van der Waals surface area contributed by atoms with Gasteiger partial charge in [-0.25, -0.2) is 8.42 Å².